The van der Waals surface area contributed by atoms with E-state index in [9.17, 15) is 4.79 Å². The summed E-state index contributed by atoms with van der Waals surface area (Å²) in [6.45, 7) is 5.68. The number of aryl methyl sites for hydroxylation is 2. The highest BCUT2D eigenvalue weighted by atomic mass is 32.2. The molecule has 0 aliphatic rings. The first-order valence-corrected chi connectivity index (χ1v) is 7.87. The van der Waals surface area contributed by atoms with Crippen LogP contribution in [-0.2, 0) is 4.79 Å². The summed E-state index contributed by atoms with van der Waals surface area (Å²) >= 11 is 1.30. The van der Waals surface area contributed by atoms with Gasteiger partial charge in [-0.1, -0.05) is 42.1 Å². The van der Waals surface area contributed by atoms with Gasteiger partial charge in [0.15, 0.2) is 5.16 Å². The zero-order chi connectivity index (χ0) is 15.9. The second-order valence-corrected chi connectivity index (χ2v) is 5.76. The molecule has 6 heteroatoms. The quantitative estimate of drug-likeness (QED) is 0.399. The molecule has 1 aromatic heterocycles. The standard InChI is InChI=1S/C16H18N4OS/c1-11-9-12(2)18-16(17-11)22-10-15(21)20-19-13(3)14-7-5-4-6-8-14/h4-9H,10H2,1-3H3,(H,20,21). The number of rotatable bonds is 5. The Balaban J connectivity index is 1.88. The molecule has 5 nitrogen and oxygen atoms in total. The van der Waals surface area contributed by atoms with E-state index < -0.39 is 0 Å². The maximum Gasteiger partial charge on any atom is 0.250 e. The van der Waals surface area contributed by atoms with Gasteiger partial charge in [0.05, 0.1) is 11.5 Å². The van der Waals surface area contributed by atoms with Crippen molar-refractivity contribution in [3.05, 3.63) is 53.3 Å². The van der Waals surface area contributed by atoms with Crippen LogP contribution in [0.1, 0.15) is 23.9 Å². The lowest BCUT2D eigenvalue weighted by molar-refractivity contribution is -0.118. The number of aromatic nitrogens is 2. The zero-order valence-electron chi connectivity index (χ0n) is 12.8. The van der Waals surface area contributed by atoms with Gasteiger partial charge in [-0.25, -0.2) is 15.4 Å². The van der Waals surface area contributed by atoms with Crippen LogP contribution in [-0.4, -0.2) is 27.3 Å². The summed E-state index contributed by atoms with van der Waals surface area (Å²) in [5.74, 6) is 0.0529. The molecule has 0 saturated heterocycles. The SMILES string of the molecule is CC(=NNC(=O)CSc1nc(C)cc(C)n1)c1ccccc1. The normalized spacial score (nSPS) is 11.3. The van der Waals surface area contributed by atoms with E-state index in [0.29, 0.717) is 5.16 Å². The Morgan fingerprint density at radius 2 is 1.82 bits per heavy atom. The van der Waals surface area contributed by atoms with Crippen LogP contribution in [0.4, 0.5) is 0 Å². The van der Waals surface area contributed by atoms with Crippen molar-refractivity contribution >= 4 is 23.4 Å². The van der Waals surface area contributed by atoms with Crippen molar-refractivity contribution in [2.75, 3.05) is 5.75 Å². The van der Waals surface area contributed by atoms with Crippen molar-refractivity contribution in [3.8, 4) is 0 Å². The summed E-state index contributed by atoms with van der Waals surface area (Å²) in [5, 5.41) is 4.71. The number of hydrazone groups is 1. The summed E-state index contributed by atoms with van der Waals surface area (Å²) in [6.07, 6.45) is 0. The van der Waals surface area contributed by atoms with Crippen molar-refractivity contribution in [3.63, 3.8) is 0 Å². The van der Waals surface area contributed by atoms with Crippen LogP contribution >= 0.6 is 11.8 Å². The van der Waals surface area contributed by atoms with Crippen LogP contribution in [0.2, 0.25) is 0 Å². The fourth-order valence-corrected chi connectivity index (χ4v) is 2.55. The second kappa shape index (κ2) is 7.70. The number of amides is 1. The molecule has 0 fully saturated rings. The van der Waals surface area contributed by atoms with Gasteiger partial charge >= 0.3 is 0 Å². The first-order chi connectivity index (χ1) is 10.5. The molecule has 114 valence electrons. The minimum atomic E-state index is -0.178. The van der Waals surface area contributed by atoms with Gasteiger partial charge in [0.25, 0.3) is 5.91 Å². The fraction of sp³-hybridized carbons (Fsp3) is 0.250. The van der Waals surface area contributed by atoms with E-state index in [1.54, 1.807) is 0 Å². The van der Waals surface area contributed by atoms with E-state index in [2.05, 4.69) is 20.5 Å². The molecule has 0 bridgehead atoms. The Kier molecular flexibility index (Phi) is 5.66. The summed E-state index contributed by atoms with van der Waals surface area (Å²) in [5.41, 5.74) is 6.09. The Hall–Kier alpha value is -2.21. The van der Waals surface area contributed by atoms with Crippen LogP contribution in [0.25, 0.3) is 0 Å². The van der Waals surface area contributed by atoms with Gasteiger partial charge in [-0.3, -0.25) is 4.79 Å². The summed E-state index contributed by atoms with van der Waals surface area (Å²) < 4.78 is 0. The molecule has 1 aromatic carbocycles. The molecule has 1 N–H and O–H groups in total. The van der Waals surface area contributed by atoms with Gasteiger partial charge in [-0.05, 0) is 32.4 Å². The van der Waals surface area contributed by atoms with Gasteiger partial charge in [-0.2, -0.15) is 5.10 Å². The number of thioether (sulfide) groups is 1. The molecule has 0 aliphatic heterocycles. The van der Waals surface area contributed by atoms with E-state index in [1.807, 2.05) is 57.2 Å². The minimum absolute atomic E-state index is 0.178. The lowest BCUT2D eigenvalue weighted by atomic mass is 10.1. The lowest BCUT2D eigenvalue weighted by Crippen LogP contribution is -2.21. The van der Waals surface area contributed by atoms with E-state index in [4.69, 9.17) is 0 Å². The molecule has 22 heavy (non-hydrogen) atoms. The maximum absolute atomic E-state index is 11.8. The lowest BCUT2D eigenvalue weighted by Gasteiger charge is -2.04. The van der Waals surface area contributed by atoms with Crippen LogP contribution in [0.5, 0.6) is 0 Å². The van der Waals surface area contributed by atoms with Crippen molar-refractivity contribution in [1.82, 2.24) is 15.4 Å². The summed E-state index contributed by atoms with van der Waals surface area (Å²) in [4.78, 5) is 20.4. The summed E-state index contributed by atoms with van der Waals surface area (Å²) in [7, 11) is 0. The van der Waals surface area contributed by atoms with Crippen LogP contribution in [0.3, 0.4) is 0 Å². The molecule has 1 amide bonds. The van der Waals surface area contributed by atoms with Crippen molar-refractivity contribution in [2.45, 2.75) is 25.9 Å². The Morgan fingerprint density at radius 3 is 2.45 bits per heavy atom. The van der Waals surface area contributed by atoms with E-state index in [-0.39, 0.29) is 11.7 Å². The predicted molar refractivity (Wildman–Crippen MR) is 89.0 cm³/mol. The van der Waals surface area contributed by atoms with Gasteiger partial charge < -0.3 is 0 Å². The number of nitrogens with one attached hydrogen (secondary N) is 1. The zero-order valence-corrected chi connectivity index (χ0v) is 13.6. The number of carbonyl (C=O) groups is 1. The largest absolute Gasteiger partial charge is 0.272 e. The summed E-state index contributed by atoms with van der Waals surface area (Å²) in [6, 6.07) is 11.6. The Labute approximate surface area is 134 Å². The minimum Gasteiger partial charge on any atom is -0.272 e. The Bertz CT molecular complexity index is 666. The topological polar surface area (TPSA) is 67.2 Å². The van der Waals surface area contributed by atoms with E-state index in [1.165, 1.54) is 11.8 Å². The average molecular weight is 314 g/mol. The highest BCUT2D eigenvalue weighted by Crippen LogP contribution is 2.13. The average Bonchev–Trinajstić information content (AvgIpc) is 2.50. The molecular formula is C16H18N4OS. The number of nitrogens with zero attached hydrogens (tertiary/aromatic N) is 3. The molecule has 0 aliphatic carbocycles. The molecule has 0 saturated carbocycles. The molecule has 0 unspecified atom stereocenters. The third-order valence-electron chi connectivity index (χ3n) is 2.83. The van der Waals surface area contributed by atoms with Crippen LogP contribution in [0.15, 0.2) is 46.7 Å². The van der Waals surface area contributed by atoms with E-state index >= 15 is 0 Å². The Morgan fingerprint density at radius 1 is 1.18 bits per heavy atom. The van der Waals surface area contributed by atoms with Crippen molar-refractivity contribution < 1.29 is 4.79 Å². The third-order valence-corrected chi connectivity index (χ3v) is 3.68. The smallest absolute Gasteiger partial charge is 0.250 e. The molecule has 0 radical (unpaired) electrons. The number of carbonyl (C=O) groups excluding carboxylic acids is 1. The second-order valence-electron chi connectivity index (χ2n) is 4.82. The molecule has 2 aromatic rings. The number of hydrogen-bond donors (Lipinski definition) is 1. The van der Waals surface area contributed by atoms with Crippen molar-refractivity contribution in [1.29, 1.82) is 0 Å². The third kappa shape index (κ3) is 4.96. The molecular weight excluding hydrogens is 296 g/mol. The number of hydrogen-bond acceptors (Lipinski definition) is 5. The first kappa shape index (κ1) is 16.2. The molecule has 0 spiro atoms. The van der Waals surface area contributed by atoms with Gasteiger partial charge in [-0.15, -0.1) is 0 Å². The fourth-order valence-electron chi connectivity index (χ4n) is 1.81. The monoisotopic (exact) mass is 314 g/mol. The number of benzene rings is 1. The van der Waals surface area contributed by atoms with Crippen LogP contribution < -0.4 is 5.43 Å². The molecule has 2 rings (SSSR count). The molecule has 0 atom stereocenters. The first-order valence-electron chi connectivity index (χ1n) is 6.88. The highest BCUT2D eigenvalue weighted by Gasteiger charge is 2.06. The van der Waals surface area contributed by atoms with Gasteiger partial charge in [0, 0.05) is 11.4 Å². The highest BCUT2D eigenvalue weighted by molar-refractivity contribution is 7.99. The van der Waals surface area contributed by atoms with E-state index in [0.717, 1.165) is 22.7 Å². The van der Waals surface area contributed by atoms with Gasteiger partial charge in [0.1, 0.15) is 0 Å². The van der Waals surface area contributed by atoms with Crippen LogP contribution in [0, 0.1) is 13.8 Å². The predicted octanol–water partition coefficient (Wildman–Crippen LogP) is 2.73. The molecule has 1 heterocycles. The van der Waals surface area contributed by atoms with Gasteiger partial charge in [0.2, 0.25) is 0 Å². The maximum atomic E-state index is 11.8. The van der Waals surface area contributed by atoms with Crippen molar-refractivity contribution in [2.24, 2.45) is 5.10 Å².